The first-order valence-electron chi connectivity index (χ1n) is 4.43. The van der Waals surface area contributed by atoms with Crippen LogP contribution >= 0.6 is 0 Å². The molecule has 0 bridgehead atoms. The molecule has 0 amide bonds. The first-order chi connectivity index (χ1) is 5.54. The monoisotopic (exact) mass is 176 g/mol. The zero-order valence-corrected chi connectivity index (χ0v) is 8.36. The summed E-state index contributed by atoms with van der Waals surface area (Å²) in [5.41, 5.74) is 0. The van der Waals surface area contributed by atoms with E-state index in [4.69, 9.17) is 0 Å². The highest BCUT2D eigenvalue weighted by atomic mass is 16.3. The molecule has 74 valence electrons. The van der Waals surface area contributed by atoms with Crippen LogP contribution in [0.3, 0.4) is 0 Å². The Hall–Kier alpha value is -0.160. The molecule has 0 heterocycles. The van der Waals surface area contributed by atoms with Gasteiger partial charge in [-0.05, 0) is 13.8 Å². The van der Waals surface area contributed by atoms with Crippen molar-refractivity contribution in [3.05, 3.63) is 0 Å². The van der Waals surface area contributed by atoms with Gasteiger partial charge in [0, 0.05) is 13.1 Å². The summed E-state index contributed by atoms with van der Waals surface area (Å²) >= 11 is 0. The summed E-state index contributed by atoms with van der Waals surface area (Å²) in [5.74, 6) is 0. The Balaban J connectivity index is 4.26. The van der Waals surface area contributed by atoms with Gasteiger partial charge in [0.1, 0.15) is 12.5 Å². The van der Waals surface area contributed by atoms with Gasteiger partial charge in [-0.15, -0.1) is 0 Å². The van der Waals surface area contributed by atoms with E-state index in [0.717, 1.165) is 13.1 Å². The number of hydrazine groups is 1. The van der Waals surface area contributed by atoms with Crippen molar-refractivity contribution in [3.63, 3.8) is 0 Å². The summed E-state index contributed by atoms with van der Waals surface area (Å²) in [7, 11) is 0. The first kappa shape index (κ1) is 11.8. The van der Waals surface area contributed by atoms with Crippen LogP contribution in [0.5, 0.6) is 0 Å². The van der Waals surface area contributed by atoms with Crippen molar-refractivity contribution in [1.29, 1.82) is 0 Å². The highest BCUT2D eigenvalue weighted by Gasteiger charge is 2.21. The molecule has 4 heteroatoms. The van der Waals surface area contributed by atoms with Crippen molar-refractivity contribution in [2.75, 3.05) is 13.1 Å². The number of hydrogen-bond acceptors (Lipinski definition) is 4. The fourth-order valence-corrected chi connectivity index (χ4v) is 1.34. The molecule has 0 fully saturated rings. The minimum Gasteiger partial charge on any atom is -0.377 e. The molecule has 0 aromatic carbocycles. The summed E-state index contributed by atoms with van der Waals surface area (Å²) in [6, 6.07) is 0. The lowest BCUT2D eigenvalue weighted by molar-refractivity contribution is -0.203. The molecule has 2 atom stereocenters. The Bertz CT molecular complexity index is 106. The van der Waals surface area contributed by atoms with E-state index in [-0.39, 0.29) is 0 Å². The maximum absolute atomic E-state index is 9.34. The maximum Gasteiger partial charge on any atom is 0.120 e. The first-order valence-corrected chi connectivity index (χ1v) is 4.43. The molecule has 0 radical (unpaired) electrons. The van der Waals surface area contributed by atoms with E-state index in [9.17, 15) is 10.2 Å². The normalized spacial score (nSPS) is 17.0. The van der Waals surface area contributed by atoms with Crippen LogP contribution in [0.25, 0.3) is 0 Å². The van der Waals surface area contributed by atoms with Crippen molar-refractivity contribution in [2.45, 2.75) is 40.2 Å². The van der Waals surface area contributed by atoms with Crippen LogP contribution in [0.4, 0.5) is 0 Å². The van der Waals surface area contributed by atoms with Crippen LogP contribution in [-0.4, -0.2) is 45.8 Å². The molecule has 0 aromatic heterocycles. The Labute approximate surface area is 74.4 Å². The SMILES string of the molecule is CCN(CC)N(C(C)O)C(C)O. The van der Waals surface area contributed by atoms with Gasteiger partial charge in [0.05, 0.1) is 0 Å². The molecule has 0 rings (SSSR count). The zero-order valence-electron chi connectivity index (χ0n) is 8.36. The summed E-state index contributed by atoms with van der Waals surface area (Å²) in [6.07, 6.45) is -1.30. The molecule has 4 nitrogen and oxygen atoms in total. The Morgan fingerprint density at radius 2 is 1.33 bits per heavy atom. The molecule has 0 spiro atoms. The molecular formula is C8H20N2O2. The lowest BCUT2D eigenvalue weighted by Crippen LogP contribution is -2.52. The lowest BCUT2D eigenvalue weighted by Gasteiger charge is -2.37. The number of rotatable bonds is 5. The Morgan fingerprint density at radius 3 is 1.42 bits per heavy atom. The fourth-order valence-electron chi connectivity index (χ4n) is 1.34. The molecule has 0 aliphatic heterocycles. The van der Waals surface area contributed by atoms with Crippen LogP contribution in [0.15, 0.2) is 0 Å². The maximum atomic E-state index is 9.34. The van der Waals surface area contributed by atoms with Crippen LogP contribution in [0, 0.1) is 0 Å². The highest BCUT2D eigenvalue weighted by Crippen LogP contribution is 2.05. The van der Waals surface area contributed by atoms with Gasteiger partial charge in [-0.2, -0.15) is 5.01 Å². The van der Waals surface area contributed by atoms with Crippen molar-refractivity contribution in [1.82, 2.24) is 10.0 Å². The molecule has 0 saturated carbocycles. The second-order valence-electron chi connectivity index (χ2n) is 2.78. The minimum atomic E-state index is -0.648. The van der Waals surface area contributed by atoms with Gasteiger partial charge in [-0.3, -0.25) is 0 Å². The number of aliphatic hydroxyl groups is 2. The predicted octanol–water partition coefficient (Wildman–Crippen LogP) is 0.222. The third-order valence-electron chi connectivity index (χ3n) is 1.82. The Kier molecular flexibility index (Phi) is 5.41. The molecule has 0 aromatic rings. The highest BCUT2D eigenvalue weighted by molar-refractivity contribution is 4.56. The molecule has 0 aliphatic rings. The summed E-state index contributed by atoms with van der Waals surface area (Å²) < 4.78 is 0. The van der Waals surface area contributed by atoms with Crippen molar-refractivity contribution < 1.29 is 10.2 Å². The minimum absolute atomic E-state index is 0.648. The van der Waals surface area contributed by atoms with Gasteiger partial charge in [-0.1, -0.05) is 13.8 Å². The lowest BCUT2D eigenvalue weighted by atomic mass is 10.5. The van der Waals surface area contributed by atoms with Gasteiger partial charge in [-0.25, -0.2) is 5.01 Å². The third kappa shape index (κ3) is 3.06. The van der Waals surface area contributed by atoms with Gasteiger partial charge in [0.25, 0.3) is 0 Å². The van der Waals surface area contributed by atoms with Crippen molar-refractivity contribution in [3.8, 4) is 0 Å². The summed E-state index contributed by atoms with van der Waals surface area (Å²) in [5, 5.41) is 22.1. The van der Waals surface area contributed by atoms with Crippen molar-refractivity contribution >= 4 is 0 Å². The van der Waals surface area contributed by atoms with Crippen LogP contribution in [0.1, 0.15) is 27.7 Å². The standard InChI is InChI=1S/C8H20N2O2/c1-5-9(6-2)10(7(3)11)8(4)12/h7-8,11-12H,5-6H2,1-4H3. The van der Waals surface area contributed by atoms with Gasteiger partial charge in [0.15, 0.2) is 0 Å². The fraction of sp³-hybridized carbons (Fsp3) is 1.00. The van der Waals surface area contributed by atoms with Gasteiger partial charge >= 0.3 is 0 Å². The number of nitrogens with zero attached hydrogens (tertiary/aromatic N) is 2. The van der Waals surface area contributed by atoms with E-state index < -0.39 is 12.5 Å². The second-order valence-corrected chi connectivity index (χ2v) is 2.78. The van der Waals surface area contributed by atoms with Gasteiger partial charge in [0.2, 0.25) is 0 Å². The molecule has 2 unspecified atom stereocenters. The second kappa shape index (κ2) is 5.48. The van der Waals surface area contributed by atoms with E-state index in [1.165, 1.54) is 0 Å². The quantitative estimate of drug-likeness (QED) is 0.465. The van der Waals surface area contributed by atoms with Gasteiger partial charge < -0.3 is 10.2 Å². The number of aliphatic hydroxyl groups excluding tert-OH is 2. The van der Waals surface area contributed by atoms with E-state index >= 15 is 0 Å². The van der Waals surface area contributed by atoms with Crippen molar-refractivity contribution in [2.24, 2.45) is 0 Å². The summed E-state index contributed by atoms with van der Waals surface area (Å²) in [6.45, 7) is 8.83. The average molecular weight is 176 g/mol. The third-order valence-corrected chi connectivity index (χ3v) is 1.82. The topological polar surface area (TPSA) is 46.9 Å². The van der Waals surface area contributed by atoms with E-state index in [2.05, 4.69) is 0 Å². The molecule has 12 heavy (non-hydrogen) atoms. The Morgan fingerprint density at radius 1 is 1.00 bits per heavy atom. The van der Waals surface area contributed by atoms with Crippen LogP contribution < -0.4 is 0 Å². The number of hydrogen-bond donors (Lipinski definition) is 2. The van der Waals surface area contributed by atoms with E-state index in [0.29, 0.717) is 0 Å². The predicted molar refractivity (Wildman–Crippen MR) is 48.1 cm³/mol. The summed E-state index contributed by atoms with van der Waals surface area (Å²) in [4.78, 5) is 0. The van der Waals surface area contributed by atoms with E-state index in [1.807, 2.05) is 18.9 Å². The largest absolute Gasteiger partial charge is 0.377 e. The zero-order chi connectivity index (χ0) is 9.72. The van der Waals surface area contributed by atoms with E-state index in [1.54, 1.807) is 18.9 Å². The van der Waals surface area contributed by atoms with Crippen LogP contribution in [0.2, 0.25) is 0 Å². The van der Waals surface area contributed by atoms with Crippen LogP contribution in [-0.2, 0) is 0 Å². The molecule has 0 aliphatic carbocycles. The molecule has 0 saturated heterocycles. The molecule has 2 N–H and O–H groups in total. The smallest absolute Gasteiger partial charge is 0.120 e. The molecular weight excluding hydrogens is 156 g/mol. The average Bonchev–Trinajstić information content (AvgIpc) is 1.98.